The number of hydrogen-bond donors (Lipinski definition) is 0. The molecule has 2 aromatic rings. The first-order valence-corrected chi connectivity index (χ1v) is 8.36. The molecule has 7 nitrogen and oxygen atoms in total. The van der Waals surface area contributed by atoms with Gasteiger partial charge in [-0.2, -0.15) is 14.6 Å². The van der Waals surface area contributed by atoms with Crippen LogP contribution in [-0.4, -0.2) is 55.6 Å². The highest BCUT2D eigenvalue weighted by atomic mass is 16.2. The summed E-state index contributed by atoms with van der Waals surface area (Å²) in [5.41, 5.74) is 0.945. The Labute approximate surface area is 135 Å². The number of aromatic nitrogens is 4. The molecule has 23 heavy (non-hydrogen) atoms. The molecule has 0 unspecified atom stereocenters. The highest BCUT2D eigenvalue weighted by Crippen LogP contribution is 2.33. The minimum atomic E-state index is 0.191. The van der Waals surface area contributed by atoms with Gasteiger partial charge in [0.25, 0.3) is 5.78 Å². The van der Waals surface area contributed by atoms with Crippen LogP contribution in [0.15, 0.2) is 12.4 Å². The molecule has 0 saturated carbocycles. The number of carbonyl (C=O) groups excluding carboxylic acids is 1. The standard InChI is InChI=1S/C16H22N6O/c1-11-9-15(22-16(19-11)17-10-18-22)21-8-4-6-14(21)13-5-3-7-20(13)12(2)23/h9-10,13-14H,3-8H2,1-2H3/t13-,14+/m1/s1. The number of aryl methyl sites for hydroxylation is 1. The number of amides is 1. The van der Waals surface area contributed by atoms with E-state index in [1.54, 1.807) is 13.3 Å². The van der Waals surface area contributed by atoms with Gasteiger partial charge in [-0.25, -0.2) is 4.98 Å². The summed E-state index contributed by atoms with van der Waals surface area (Å²) in [6.07, 6.45) is 6.00. The van der Waals surface area contributed by atoms with E-state index in [1.807, 2.05) is 11.4 Å². The van der Waals surface area contributed by atoms with Crippen LogP contribution in [0.5, 0.6) is 0 Å². The number of nitrogens with zero attached hydrogens (tertiary/aromatic N) is 6. The molecule has 4 heterocycles. The molecule has 2 aromatic heterocycles. The maximum atomic E-state index is 12.0. The molecule has 0 aliphatic carbocycles. The highest BCUT2D eigenvalue weighted by molar-refractivity contribution is 5.74. The summed E-state index contributed by atoms with van der Waals surface area (Å²) in [6, 6.07) is 2.74. The molecule has 2 aliphatic rings. The lowest BCUT2D eigenvalue weighted by Crippen LogP contribution is -2.48. The molecule has 2 fully saturated rings. The van der Waals surface area contributed by atoms with Crippen LogP contribution in [0.25, 0.3) is 5.78 Å². The van der Waals surface area contributed by atoms with Crippen LogP contribution >= 0.6 is 0 Å². The van der Waals surface area contributed by atoms with Crippen molar-refractivity contribution in [3.8, 4) is 0 Å². The van der Waals surface area contributed by atoms with Crippen LogP contribution in [0.1, 0.15) is 38.3 Å². The normalized spacial score (nSPS) is 24.8. The minimum Gasteiger partial charge on any atom is -0.351 e. The number of likely N-dealkylation sites (tertiary alicyclic amines) is 1. The van der Waals surface area contributed by atoms with Crippen LogP contribution in [0.2, 0.25) is 0 Å². The lowest BCUT2D eigenvalue weighted by molar-refractivity contribution is -0.129. The molecule has 4 rings (SSSR count). The van der Waals surface area contributed by atoms with Crippen LogP contribution < -0.4 is 4.90 Å². The molecule has 1 amide bonds. The van der Waals surface area contributed by atoms with Crippen molar-refractivity contribution in [3.05, 3.63) is 18.1 Å². The molecular weight excluding hydrogens is 292 g/mol. The second kappa shape index (κ2) is 5.47. The molecule has 0 aromatic carbocycles. The molecule has 0 bridgehead atoms. The third-order valence-corrected chi connectivity index (χ3v) is 5.10. The van der Waals surface area contributed by atoms with E-state index in [-0.39, 0.29) is 5.91 Å². The van der Waals surface area contributed by atoms with Gasteiger partial charge in [-0.15, -0.1) is 0 Å². The first-order valence-electron chi connectivity index (χ1n) is 8.36. The molecule has 2 aliphatic heterocycles. The summed E-state index contributed by atoms with van der Waals surface area (Å²) in [7, 11) is 0. The van der Waals surface area contributed by atoms with Crippen molar-refractivity contribution < 1.29 is 4.79 Å². The van der Waals surface area contributed by atoms with Crippen molar-refractivity contribution in [1.82, 2.24) is 24.5 Å². The van der Waals surface area contributed by atoms with Gasteiger partial charge in [-0.3, -0.25) is 4.79 Å². The fourth-order valence-corrected chi connectivity index (χ4v) is 4.18. The Hall–Kier alpha value is -2.18. The largest absolute Gasteiger partial charge is 0.351 e. The van der Waals surface area contributed by atoms with Crippen LogP contribution in [-0.2, 0) is 4.79 Å². The van der Waals surface area contributed by atoms with Crippen LogP contribution in [0, 0.1) is 6.92 Å². The molecule has 0 spiro atoms. The Morgan fingerprint density at radius 1 is 1.22 bits per heavy atom. The van der Waals surface area contributed by atoms with Gasteiger partial charge < -0.3 is 9.80 Å². The third kappa shape index (κ3) is 2.34. The number of anilines is 1. The Morgan fingerprint density at radius 2 is 2.00 bits per heavy atom. The van der Waals surface area contributed by atoms with Crippen molar-refractivity contribution in [2.24, 2.45) is 0 Å². The second-order valence-electron chi connectivity index (χ2n) is 6.55. The average molecular weight is 314 g/mol. The van der Waals surface area contributed by atoms with Crippen molar-refractivity contribution in [2.45, 2.75) is 51.6 Å². The molecule has 0 radical (unpaired) electrons. The van der Waals surface area contributed by atoms with E-state index in [0.717, 1.165) is 50.3 Å². The van der Waals surface area contributed by atoms with E-state index in [2.05, 4.69) is 30.9 Å². The van der Waals surface area contributed by atoms with Crippen molar-refractivity contribution in [1.29, 1.82) is 0 Å². The number of hydrogen-bond acceptors (Lipinski definition) is 5. The smallest absolute Gasteiger partial charge is 0.254 e. The molecule has 7 heteroatoms. The molecule has 2 atom stereocenters. The molecule has 0 N–H and O–H groups in total. The van der Waals surface area contributed by atoms with Gasteiger partial charge in [0, 0.05) is 31.8 Å². The van der Waals surface area contributed by atoms with E-state index in [0.29, 0.717) is 17.9 Å². The fraction of sp³-hybridized carbons (Fsp3) is 0.625. The predicted octanol–water partition coefficient (Wildman–Crippen LogP) is 1.41. The van der Waals surface area contributed by atoms with Gasteiger partial charge in [0.15, 0.2) is 0 Å². The molecule has 2 saturated heterocycles. The molecule has 122 valence electrons. The zero-order valence-corrected chi connectivity index (χ0v) is 13.6. The number of rotatable bonds is 2. The summed E-state index contributed by atoms with van der Waals surface area (Å²) >= 11 is 0. The number of fused-ring (bicyclic) bond motifs is 1. The van der Waals surface area contributed by atoms with E-state index in [9.17, 15) is 4.79 Å². The Balaban J connectivity index is 1.72. The van der Waals surface area contributed by atoms with Crippen LogP contribution in [0.4, 0.5) is 5.82 Å². The van der Waals surface area contributed by atoms with Gasteiger partial charge in [-0.05, 0) is 32.6 Å². The first kappa shape index (κ1) is 14.4. The van der Waals surface area contributed by atoms with Gasteiger partial charge in [-0.1, -0.05) is 0 Å². The van der Waals surface area contributed by atoms with E-state index < -0.39 is 0 Å². The van der Waals surface area contributed by atoms with E-state index >= 15 is 0 Å². The topological polar surface area (TPSA) is 66.6 Å². The Bertz CT molecular complexity index is 741. The SMILES string of the molecule is CC(=O)N1CCC[C@@H]1[C@@H]1CCCN1c1cc(C)nc2ncnn12. The van der Waals surface area contributed by atoms with Gasteiger partial charge in [0.2, 0.25) is 5.91 Å². The third-order valence-electron chi connectivity index (χ3n) is 5.10. The summed E-state index contributed by atoms with van der Waals surface area (Å²) in [4.78, 5) is 25.1. The van der Waals surface area contributed by atoms with Crippen molar-refractivity contribution in [3.63, 3.8) is 0 Å². The maximum Gasteiger partial charge on any atom is 0.254 e. The lowest BCUT2D eigenvalue weighted by Gasteiger charge is -2.35. The average Bonchev–Trinajstić information content (AvgIpc) is 3.24. The van der Waals surface area contributed by atoms with Gasteiger partial charge in [0.1, 0.15) is 12.1 Å². The summed E-state index contributed by atoms with van der Waals surface area (Å²) in [5, 5.41) is 4.34. The number of carbonyl (C=O) groups is 1. The molecular formula is C16H22N6O. The quantitative estimate of drug-likeness (QED) is 0.838. The summed E-state index contributed by atoms with van der Waals surface area (Å²) < 4.78 is 1.82. The fourth-order valence-electron chi connectivity index (χ4n) is 4.18. The van der Waals surface area contributed by atoms with Gasteiger partial charge >= 0.3 is 0 Å². The van der Waals surface area contributed by atoms with Crippen molar-refractivity contribution >= 4 is 17.5 Å². The monoisotopic (exact) mass is 314 g/mol. The summed E-state index contributed by atoms with van der Waals surface area (Å²) in [5.74, 6) is 1.87. The van der Waals surface area contributed by atoms with E-state index in [1.165, 1.54) is 0 Å². The minimum absolute atomic E-state index is 0.191. The summed E-state index contributed by atoms with van der Waals surface area (Å²) in [6.45, 7) is 5.55. The maximum absolute atomic E-state index is 12.0. The second-order valence-corrected chi connectivity index (χ2v) is 6.55. The first-order chi connectivity index (χ1) is 11.1. The zero-order valence-electron chi connectivity index (χ0n) is 13.6. The van der Waals surface area contributed by atoms with Crippen LogP contribution in [0.3, 0.4) is 0 Å². The Morgan fingerprint density at radius 3 is 2.83 bits per heavy atom. The lowest BCUT2D eigenvalue weighted by atomic mass is 10.0. The Kier molecular flexibility index (Phi) is 3.43. The van der Waals surface area contributed by atoms with Gasteiger partial charge in [0.05, 0.1) is 12.1 Å². The highest BCUT2D eigenvalue weighted by Gasteiger charge is 2.39. The zero-order chi connectivity index (χ0) is 16.0. The predicted molar refractivity (Wildman–Crippen MR) is 86.3 cm³/mol. The van der Waals surface area contributed by atoms with Crippen molar-refractivity contribution in [2.75, 3.05) is 18.0 Å². The van der Waals surface area contributed by atoms with E-state index in [4.69, 9.17) is 0 Å².